The largest absolute Gasteiger partial charge is 0.515 e. The van der Waals surface area contributed by atoms with Crippen LogP contribution in [0.25, 0.3) is 5.57 Å². The molecule has 0 bridgehead atoms. The fourth-order valence-corrected chi connectivity index (χ4v) is 0.926. The van der Waals surface area contributed by atoms with Crippen LogP contribution >= 0.6 is 0 Å². The Morgan fingerprint density at radius 3 is 2.64 bits per heavy atom. The average molecular weight is 149 g/mol. The van der Waals surface area contributed by atoms with E-state index in [9.17, 15) is 0 Å². The number of anilines is 1. The summed E-state index contributed by atoms with van der Waals surface area (Å²) in [5.41, 5.74) is 8.00. The van der Waals surface area contributed by atoms with Crippen LogP contribution in [-0.2, 0) is 0 Å². The zero-order valence-corrected chi connectivity index (χ0v) is 6.41. The van der Waals surface area contributed by atoms with E-state index in [1.54, 1.807) is 0 Å². The van der Waals surface area contributed by atoms with E-state index in [-0.39, 0.29) is 0 Å². The fourth-order valence-electron chi connectivity index (χ4n) is 0.926. The number of hydrogen-bond acceptors (Lipinski definition) is 2. The van der Waals surface area contributed by atoms with Gasteiger partial charge < -0.3 is 10.8 Å². The lowest BCUT2D eigenvalue weighted by molar-refractivity contribution is 0.475. The zero-order chi connectivity index (χ0) is 8.27. The molecule has 3 N–H and O–H groups in total. The second-order valence-electron chi connectivity index (χ2n) is 2.40. The lowest BCUT2D eigenvalue weighted by atomic mass is 10.1. The Morgan fingerprint density at radius 2 is 2.09 bits per heavy atom. The molecule has 1 rings (SSSR count). The molecule has 2 heteroatoms. The van der Waals surface area contributed by atoms with Crippen LogP contribution in [0.15, 0.2) is 30.5 Å². The number of hydrogen-bond donors (Lipinski definition) is 2. The van der Waals surface area contributed by atoms with Crippen molar-refractivity contribution in [1.29, 1.82) is 0 Å². The van der Waals surface area contributed by atoms with Gasteiger partial charge in [-0.3, -0.25) is 0 Å². The molecule has 0 aliphatic heterocycles. The zero-order valence-electron chi connectivity index (χ0n) is 6.41. The second-order valence-corrected chi connectivity index (χ2v) is 2.40. The van der Waals surface area contributed by atoms with Gasteiger partial charge in [0.05, 0.1) is 6.26 Å². The number of para-hydroxylation sites is 1. The molecule has 0 unspecified atom stereocenters. The van der Waals surface area contributed by atoms with Gasteiger partial charge in [-0.25, -0.2) is 0 Å². The molecule has 0 saturated carbocycles. The number of rotatable bonds is 1. The summed E-state index contributed by atoms with van der Waals surface area (Å²) < 4.78 is 0. The average Bonchev–Trinajstić information content (AvgIpc) is 2.04. The molecule has 0 aliphatic rings. The highest BCUT2D eigenvalue weighted by molar-refractivity contribution is 5.72. The normalized spacial score (nSPS) is 11.5. The van der Waals surface area contributed by atoms with Gasteiger partial charge in [-0.15, -0.1) is 0 Å². The lowest BCUT2D eigenvalue weighted by Gasteiger charge is -2.02. The van der Waals surface area contributed by atoms with Crippen LogP contribution in [0.5, 0.6) is 0 Å². The van der Waals surface area contributed by atoms with Crippen molar-refractivity contribution in [1.82, 2.24) is 0 Å². The first-order chi connectivity index (χ1) is 5.25. The summed E-state index contributed by atoms with van der Waals surface area (Å²) in [5, 5.41) is 8.70. The Kier molecular flexibility index (Phi) is 2.16. The maximum atomic E-state index is 8.70. The van der Waals surface area contributed by atoms with Crippen LogP contribution in [0, 0.1) is 0 Å². The molecular formula is C9H11NO. The van der Waals surface area contributed by atoms with E-state index < -0.39 is 0 Å². The number of allylic oxidation sites excluding steroid dienone is 1. The van der Waals surface area contributed by atoms with Gasteiger partial charge in [0, 0.05) is 11.3 Å². The first kappa shape index (κ1) is 7.66. The van der Waals surface area contributed by atoms with Crippen molar-refractivity contribution in [3.8, 4) is 0 Å². The fraction of sp³-hybridized carbons (Fsp3) is 0.111. The van der Waals surface area contributed by atoms with Gasteiger partial charge in [0.2, 0.25) is 0 Å². The van der Waals surface area contributed by atoms with E-state index >= 15 is 0 Å². The summed E-state index contributed by atoms with van der Waals surface area (Å²) in [6, 6.07) is 7.43. The first-order valence-corrected chi connectivity index (χ1v) is 3.41. The molecule has 2 nitrogen and oxygen atoms in total. The van der Waals surface area contributed by atoms with Crippen molar-refractivity contribution >= 4 is 11.3 Å². The Labute approximate surface area is 66.0 Å². The molecule has 0 atom stereocenters. The Balaban J connectivity index is 3.14. The summed E-state index contributed by atoms with van der Waals surface area (Å²) in [5.74, 6) is 0. The van der Waals surface area contributed by atoms with Crippen molar-refractivity contribution in [3.05, 3.63) is 36.1 Å². The molecule has 11 heavy (non-hydrogen) atoms. The molecule has 0 saturated heterocycles. The predicted octanol–water partition coefficient (Wildman–Crippen LogP) is 2.19. The van der Waals surface area contributed by atoms with Gasteiger partial charge in [-0.05, 0) is 18.6 Å². The van der Waals surface area contributed by atoms with Crippen molar-refractivity contribution < 1.29 is 5.11 Å². The number of benzene rings is 1. The van der Waals surface area contributed by atoms with Gasteiger partial charge >= 0.3 is 0 Å². The maximum Gasteiger partial charge on any atom is 0.0827 e. The summed E-state index contributed by atoms with van der Waals surface area (Å²) >= 11 is 0. The summed E-state index contributed by atoms with van der Waals surface area (Å²) in [6.45, 7) is 1.81. The van der Waals surface area contributed by atoms with E-state index in [1.807, 2.05) is 31.2 Å². The third kappa shape index (κ3) is 1.52. The quantitative estimate of drug-likeness (QED) is 0.475. The van der Waals surface area contributed by atoms with Crippen LogP contribution in [0.3, 0.4) is 0 Å². The Bertz CT molecular complexity index is 279. The Hall–Kier alpha value is -1.44. The molecular weight excluding hydrogens is 138 g/mol. The molecule has 0 fully saturated rings. The van der Waals surface area contributed by atoms with Crippen LogP contribution < -0.4 is 5.73 Å². The van der Waals surface area contributed by atoms with Crippen LogP contribution in [0.2, 0.25) is 0 Å². The number of aliphatic hydroxyl groups is 1. The van der Waals surface area contributed by atoms with Crippen molar-refractivity contribution in [2.24, 2.45) is 0 Å². The molecule has 1 aromatic carbocycles. The molecule has 0 aromatic heterocycles. The monoisotopic (exact) mass is 149 g/mol. The number of aliphatic hydroxyl groups excluding tert-OH is 1. The van der Waals surface area contributed by atoms with Gasteiger partial charge in [-0.2, -0.15) is 0 Å². The minimum absolute atomic E-state index is 0.690. The van der Waals surface area contributed by atoms with Gasteiger partial charge in [0.1, 0.15) is 0 Å². The van der Waals surface area contributed by atoms with E-state index in [0.717, 1.165) is 17.4 Å². The summed E-state index contributed by atoms with van der Waals surface area (Å²) in [4.78, 5) is 0. The van der Waals surface area contributed by atoms with E-state index in [2.05, 4.69) is 0 Å². The Morgan fingerprint density at radius 1 is 1.45 bits per heavy atom. The summed E-state index contributed by atoms with van der Waals surface area (Å²) in [6.07, 6.45) is 1.06. The first-order valence-electron chi connectivity index (χ1n) is 3.41. The van der Waals surface area contributed by atoms with Crippen LogP contribution in [0.1, 0.15) is 12.5 Å². The highest BCUT2D eigenvalue weighted by Crippen LogP contribution is 2.19. The highest BCUT2D eigenvalue weighted by atomic mass is 16.2. The predicted molar refractivity (Wildman–Crippen MR) is 47.1 cm³/mol. The van der Waals surface area contributed by atoms with Crippen molar-refractivity contribution in [3.63, 3.8) is 0 Å². The van der Waals surface area contributed by atoms with E-state index in [0.29, 0.717) is 5.69 Å². The van der Waals surface area contributed by atoms with Gasteiger partial charge in [0.15, 0.2) is 0 Å². The smallest absolute Gasteiger partial charge is 0.0827 e. The molecule has 0 heterocycles. The third-order valence-electron chi connectivity index (χ3n) is 1.58. The molecule has 0 amide bonds. The maximum absolute atomic E-state index is 8.70. The lowest BCUT2D eigenvalue weighted by Crippen LogP contribution is -1.90. The molecule has 0 spiro atoms. The van der Waals surface area contributed by atoms with E-state index in [1.165, 1.54) is 0 Å². The van der Waals surface area contributed by atoms with Gasteiger partial charge in [0.25, 0.3) is 0 Å². The molecule has 0 aliphatic carbocycles. The molecule has 0 radical (unpaired) electrons. The van der Waals surface area contributed by atoms with Crippen molar-refractivity contribution in [2.45, 2.75) is 6.92 Å². The van der Waals surface area contributed by atoms with Crippen LogP contribution in [-0.4, -0.2) is 5.11 Å². The number of nitrogen functional groups attached to an aromatic ring is 1. The van der Waals surface area contributed by atoms with Crippen LogP contribution in [0.4, 0.5) is 5.69 Å². The number of nitrogens with two attached hydrogens (primary N) is 1. The topological polar surface area (TPSA) is 46.2 Å². The highest BCUT2D eigenvalue weighted by Gasteiger charge is 1.97. The standard InChI is InChI=1S/C9H11NO/c1-7(6-11)8-4-2-3-5-9(8)10/h2-6,11H,10H2,1H3/b7-6-. The third-order valence-corrected chi connectivity index (χ3v) is 1.58. The van der Waals surface area contributed by atoms with Gasteiger partial charge in [-0.1, -0.05) is 18.2 Å². The SMILES string of the molecule is C/C(=C/O)c1ccccc1N. The van der Waals surface area contributed by atoms with E-state index in [4.69, 9.17) is 10.8 Å². The molecule has 1 aromatic rings. The minimum atomic E-state index is 0.690. The minimum Gasteiger partial charge on any atom is -0.515 e. The molecule has 58 valence electrons. The second kappa shape index (κ2) is 3.10. The van der Waals surface area contributed by atoms with Crippen molar-refractivity contribution in [2.75, 3.05) is 5.73 Å². The summed E-state index contributed by atoms with van der Waals surface area (Å²) in [7, 11) is 0.